The van der Waals surface area contributed by atoms with Crippen molar-refractivity contribution in [3.05, 3.63) is 42.5 Å². The minimum absolute atomic E-state index is 0.147. The van der Waals surface area contributed by atoms with Crippen LogP contribution in [0.1, 0.15) is 31.2 Å². The van der Waals surface area contributed by atoms with E-state index >= 15 is 0 Å². The fraction of sp³-hybridized carbons (Fsp3) is 0.471. The average molecular weight is 329 g/mol. The first-order valence-electron chi connectivity index (χ1n) is 8.38. The van der Waals surface area contributed by atoms with Gasteiger partial charge in [-0.25, -0.2) is 14.5 Å². The van der Waals surface area contributed by atoms with E-state index in [1.165, 1.54) is 12.7 Å². The lowest BCUT2D eigenvalue weighted by Gasteiger charge is -2.22. The number of amides is 2. The molecule has 0 radical (unpaired) electrons. The maximum atomic E-state index is 11.8. The topological polar surface area (TPSA) is 81.1 Å². The number of hydrogen-bond acceptors (Lipinski definition) is 4. The van der Waals surface area contributed by atoms with Crippen molar-refractivity contribution in [2.75, 3.05) is 13.2 Å². The summed E-state index contributed by atoms with van der Waals surface area (Å²) in [6, 6.07) is 7.68. The summed E-state index contributed by atoms with van der Waals surface area (Å²) in [5, 5.41) is 9.82. The van der Waals surface area contributed by atoms with E-state index in [1.807, 2.05) is 24.3 Å². The Morgan fingerprint density at radius 2 is 2.12 bits per heavy atom. The number of aromatic nitrogens is 3. The Kier molecular flexibility index (Phi) is 5.79. The largest absolute Gasteiger partial charge is 0.378 e. The number of benzene rings is 1. The second-order valence-corrected chi connectivity index (χ2v) is 5.89. The van der Waals surface area contributed by atoms with Crippen LogP contribution in [0.15, 0.2) is 36.9 Å². The normalized spacial score (nSPS) is 17.4. The molecular weight excluding hydrogens is 306 g/mol. The van der Waals surface area contributed by atoms with Gasteiger partial charge in [-0.15, -0.1) is 0 Å². The smallest absolute Gasteiger partial charge is 0.315 e. The maximum Gasteiger partial charge on any atom is 0.315 e. The molecule has 1 aromatic carbocycles. The number of urea groups is 1. The third-order valence-electron chi connectivity index (χ3n) is 4.10. The first kappa shape index (κ1) is 16.4. The molecule has 24 heavy (non-hydrogen) atoms. The highest BCUT2D eigenvalue weighted by molar-refractivity contribution is 5.73. The predicted molar refractivity (Wildman–Crippen MR) is 89.8 cm³/mol. The van der Waals surface area contributed by atoms with Gasteiger partial charge in [0.1, 0.15) is 12.7 Å². The maximum absolute atomic E-state index is 11.8. The van der Waals surface area contributed by atoms with Crippen molar-refractivity contribution >= 4 is 6.03 Å². The number of carbonyl (C=O) groups is 1. The van der Waals surface area contributed by atoms with E-state index in [0.29, 0.717) is 19.2 Å². The van der Waals surface area contributed by atoms with Gasteiger partial charge in [0.25, 0.3) is 0 Å². The predicted octanol–water partition coefficient (Wildman–Crippen LogP) is 2.03. The van der Waals surface area contributed by atoms with E-state index in [0.717, 1.165) is 37.1 Å². The van der Waals surface area contributed by atoms with Crippen LogP contribution in [0.4, 0.5) is 4.79 Å². The van der Waals surface area contributed by atoms with E-state index in [1.54, 1.807) is 11.0 Å². The van der Waals surface area contributed by atoms with Crippen LogP contribution in [-0.4, -0.2) is 40.1 Å². The van der Waals surface area contributed by atoms with Crippen molar-refractivity contribution in [1.82, 2.24) is 25.4 Å². The lowest BCUT2D eigenvalue weighted by atomic mass is 10.1. The van der Waals surface area contributed by atoms with Crippen LogP contribution in [0.2, 0.25) is 0 Å². The van der Waals surface area contributed by atoms with Crippen molar-refractivity contribution in [3.8, 4) is 5.69 Å². The highest BCUT2D eigenvalue weighted by Crippen LogP contribution is 2.14. The summed E-state index contributed by atoms with van der Waals surface area (Å²) in [5.74, 6) is 0. The van der Waals surface area contributed by atoms with Gasteiger partial charge in [-0.3, -0.25) is 0 Å². The van der Waals surface area contributed by atoms with Crippen molar-refractivity contribution in [3.63, 3.8) is 0 Å². The van der Waals surface area contributed by atoms with Gasteiger partial charge in [0.05, 0.1) is 11.8 Å². The van der Waals surface area contributed by atoms with Crippen LogP contribution in [-0.2, 0) is 11.3 Å². The summed E-state index contributed by atoms with van der Waals surface area (Å²) >= 11 is 0. The van der Waals surface area contributed by atoms with E-state index in [-0.39, 0.29) is 6.03 Å². The minimum atomic E-state index is -0.147. The van der Waals surface area contributed by atoms with Crippen LogP contribution in [0, 0.1) is 0 Å². The summed E-state index contributed by atoms with van der Waals surface area (Å²) in [6.45, 7) is 1.98. The van der Waals surface area contributed by atoms with E-state index in [2.05, 4.69) is 20.7 Å². The fourth-order valence-corrected chi connectivity index (χ4v) is 2.73. The Morgan fingerprint density at radius 3 is 2.83 bits per heavy atom. The monoisotopic (exact) mass is 329 g/mol. The van der Waals surface area contributed by atoms with Gasteiger partial charge >= 0.3 is 6.03 Å². The van der Waals surface area contributed by atoms with Gasteiger partial charge in [0.2, 0.25) is 0 Å². The molecule has 0 unspecified atom stereocenters. The number of nitrogens with zero attached hydrogens (tertiary/aromatic N) is 3. The van der Waals surface area contributed by atoms with Crippen molar-refractivity contribution in [2.45, 2.75) is 38.3 Å². The average Bonchev–Trinajstić information content (AvgIpc) is 3.16. The lowest BCUT2D eigenvalue weighted by molar-refractivity contribution is 0.0120. The second kappa shape index (κ2) is 8.44. The third-order valence-corrected chi connectivity index (χ3v) is 4.10. The Balaban J connectivity index is 1.36. The highest BCUT2D eigenvalue weighted by Gasteiger charge is 2.13. The van der Waals surface area contributed by atoms with Gasteiger partial charge in [-0.2, -0.15) is 5.10 Å². The standard InChI is InChI=1S/C17H23N5O2/c23-17(19-9-8-16-3-1-2-10-24-16)20-11-14-4-6-15(7-5-14)22-13-18-12-21-22/h4-7,12-13,16H,1-3,8-11H2,(H2,19,20,23)/t16-/m1/s1. The fourth-order valence-electron chi connectivity index (χ4n) is 2.73. The number of rotatable bonds is 6. The molecule has 0 bridgehead atoms. The zero-order chi connectivity index (χ0) is 16.6. The molecule has 0 saturated carbocycles. The summed E-state index contributed by atoms with van der Waals surface area (Å²) in [5.41, 5.74) is 1.97. The van der Waals surface area contributed by atoms with Gasteiger partial charge in [0, 0.05) is 19.7 Å². The molecule has 1 atom stereocenters. The van der Waals surface area contributed by atoms with E-state index < -0.39 is 0 Å². The van der Waals surface area contributed by atoms with Crippen molar-refractivity contribution in [1.29, 1.82) is 0 Å². The van der Waals surface area contributed by atoms with Crippen LogP contribution in [0.3, 0.4) is 0 Å². The van der Waals surface area contributed by atoms with Crippen molar-refractivity contribution in [2.24, 2.45) is 0 Å². The number of nitrogens with one attached hydrogen (secondary N) is 2. The second-order valence-electron chi connectivity index (χ2n) is 5.89. The zero-order valence-electron chi connectivity index (χ0n) is 13.6. The van der Waals surface area contributed by atoms with Gasteiger partial charge in [-0.1, -0.05) is 12.1 Å². The highest BCUT2D eigenvalue weighted by atomic mass is 16.5. The molecule has 1 fully saturated rings. The number of hydrogen-bond donors (Lipinski definition) is 2. The molecule has 1 aliphatic rings. The van der Waals surface area contributed by atoms with Crippen LogP contribution in [0.25, 0.3) is 5.69 Å². The number of ether oxygens (including phenoxy) is 1. The summed E-state index contributed by atoms with van der Waals surface area (Å²) < 4.78 is 7.34. The molecule has 2 amide bonds. The first-order valence-corrected chi connectivity index (χ1v) is 8.38. The molecular formula is C17H23N5O2. The Bertz CT molecular complexity index is 621. The quantitative estimate of drug-likeness (QED) is 0.849. The van der Waals surface area contributed by atoms with Crippen molar-refractivity contribution < 1.29 is 9.53 Å². The molecule has 7 nitrogen and oxygen atoms in total. The Morgan fingerprint density at radius 1 is 1.25 bits per heavy atom. The van der Waals surface area contributed by atoms with Gasteiger partial charge in [0.15, 0.2) is 0 Å². The van der Waals surface area contributed by atoms with Gasteiger partial charge in [-0.05, 0) is 43.4 Å². The summed E-state index contributed by atoms with van der Waals surface area (Å²) in [7, 11) is 0. The van der Waals surface area contributed by atoms with Crippen LogP contribution >= 0.6 is 0 Å². The molecule has 0 aliphatic carbocycles. The molecule has 3 rings (SSSR count). The Hall–Kier alpha value is -2.41. The van der Waals surface area contributed by atoms with E-state index in [4.69, 9.17) is 4.74 Å². The molecule has 0 spiro atoms. The summed E-state index contributed by atoms with van der Waals surface area (Å²) in [6.07, 6.45) is 7.79. The molecule has 2 heterocycles. The molecule has 7 heteroatoms. The summed E-state index contributed by atoms with van der Waals surface area (Å²) in [4.78, 5) is 15.7. The molecule has 2 aromatic rings. The van der Waals surface area contributed by atoms with Crippen LogP contribution < -0.4 is 10.6 Å². The van der Waals surface area contributed by atoms with Crippen LogP contribution in [0.5, 0.6) is 0 Å². The third kappa shape index (κ3) is 4.79. The van der Waals surface area contributed by atoms with E-state index in [9.17, 15) is 4.79 Å². The molecule has 2 N–H and O–H groups in total. The Labute approximate surface area is 141 Å². The molecule has 128 valence electrons. The van der Waals surface area contributed by atoms with Gasteiger partial charge < -0.3 is 15.4 Å². The number of carbonyl (C=O) groups excluding carboxylic acids is 1. The lowest BCUT2D eigenvalue weighted by Crippen LogP contribution is -2.37. The minimum Gasteiger partial charge on any atom is -0.378 e. The molecule has 1 saturated heterocycles. The SMILES string of the molecule is O=C(NCC[C@H]1CCCCO1)NCc1ccc(-n2cncn2)cc1. The molecule has 1 aliphatic heterocycles. The first-order chi connectivity index (χ1) is 11.8. The molecule has 1 aromatic heterocycles. The zero-order valence-corrected chi connectivity index (χ0v) is 13.6.